The van der Waals surface area contributed by atoms with Gasteiger partial charge in [0.1, 0.15) is 29.9 Å². The van der Waals surface area contributed by atoms with Crippen molar-refractivity contribution in [3.8, 4) is 17.0 Å². The van der Waals surface area contributed by atoms with E-state index in [1.54, 1.807) is 17.9 Å². The van der Waals surface area contributed by atoms with Crippen LogP contribution in [0.5, 0.6) is 5.75 Å². The Morgan fingerprint density at radius 3 is 2.76 bits per heavy atom. The monoisotopic (exact) mass is 527 g/mol. The summed E-state index contributed by atoms with van der Waals surface area (Å²) in [5.74, 6) is 0.483. The highest BCUT2D eigenvalue weighted by Crippen LogP contribution is 2.38. The third kappa shape index (κ3) is 5.20. The van der Waals surface area contributed by atoms with E-state index >= 15 is 0 Å². The van der Waals surface area contributed by atoms with Crippen LogP contribution in [-0.2, 0) is 9.53 Å². The molecule has 2 atom stereocenters. The summed E-state index contributed by atoms with van der Waals surface area (Å²) in [7, 11) is 1.47. The van der Waals surface area contributed by atoms with Gasteiger partial charge >= 0.3 is 0 Å². The quantitative estimate of drug-likeness (QED) is 0.435. The van der Waals surface area contributed by atoms with Crippen LogP contribution in [0.1, 0.15) is 54.2 Å². The smallest absolute Gasteiger partial charge is 0.263 e. The summed E-state index contributed by atoms with van der Waals surface area (Å²) in [4.78, 5) is 39.4. The second-order valence-electron chi connectivity index (χ2n) is 10.1. The molecule has 3 heterocycles. The highest BCUT2D eigenvalue weighted by molar-refractivity contribution is 6.09. The second kappa shape index (κ2) is 10.6. The standard InChI is InChI=1S/C27H31F2N5O4/c1-14-8-18(10-34(14)21(35)12-37-3)33-27(36)22-15(2)32-25-23(30-13-31-24(22)25)19-9-17(26(28)29)6-7-20(19)38-11-16-4-5-16/h6-7,9,13-14,16,18,26,32H,4-5,8,10-12H2,1-3H3,(H,33,36)/t14-,18-/m0/s1. The van der Waals surface area contributed by atoms with Gasteiger partial charge < -0.3 is 24.7 Å². The maximum Gasteiger partial charge on any atom is 0.263 e. The third-order valence-electron chi connectivity index (χ3n) is 7.18. The van der Waals surface area contributed by atoms with Crippen LogP contribution < -0.4 is 10.1 Å². The van der Waals surface area contributed by atoms with Gasteiger partial charge in [-0.25, -0.2) is 18.7 Å². The van der Waals surface area contributed by atoms with Gasteiger partial charge in [-0.15, -0.1) is 0 Å². The molecule has 2 N–H and O–H groups in total. The number of rotatable bonds is 9. The van der Waals surface area contributed by atoms with Crippen LogP contribution >= 0.6 is 0 Å². The van der Waals surface area contributed by atoms with E-state index in [0.717, 1.165) is 12.8 Å². The van der Waals surface area contributed by atoms with Crippen LogP contribution in [0.3, 0.4) is 0 Å². The number of amides is 2. The Kier molecular flexibility index (Phi) is 7.29. The van der Waals surface area contributed by atoms with Gasteiger partial charge in [-0.1, -0.05) is 0 Å². The average molecular weight is 528 g/mol. The fourth-order valence-corrected chi connectivity index (χ4v) is 5.04. The normalized spacial score (nSPS) is 19.4. The Morgan fingerprint density at radius 1 is 1.26 bits per heavy atom. The minimum atomic E-state index is -2.65. The van der Waals surface area contributed by atoms with Crippen LogP contribution in [0.15, 0.2) is 24.5 Å². The SMILES string of the molecule is COCC(=O)N1C[C@@H](NC(=O)c2c(C)[nH]c3c(-c4cc(C(F)F)ccc4OCC4CC4)ncnc23)C[C@@H]1C. The molecular formula is C27H31F2N5O4. The highest BCUT2D eigenvalue weighted by Gasteiger charge is 2.34. The lowest BCUT2D eigenvalue weighted by Crippen LogP contribution is -2.40. The van der Waals surface area contributed by atoms with Gasteiger partial charge in [0.2, 0.25) is 5.91 Å². The van der Waals surface area contributed by atoms with Gasteiger partial charge in [-0.05, 0) is 57.2 Å². The van der Waals surface area contributed by atoms with E-state index in [1.165, 1.54) is 25.6 Å². The third-order valence-corrected chi connectivity index (χ3v) is 7.18. The van der Waals surface area contributed by atoms with Crippen molar-refractivity contribution < 1.29 is 27.8 Å². The number of methoxy groups -OCH3 is 1. The second-order valence-corrected chi connectivity index (χ2v) is 10.1. The number of alkyl halides is 2. The number of likely N-dealkylation sites (tertiary alicyclic amines) is 1. The Morgan fingerprint density at radius 2 is 2.05 bits per heavy atom. The van der Waals surface area contributed by atoms with Crippen LogP contribution in [0, 0.1) is 12.8 Å². The molecule has 2 aromatic heterocycles. The lowest BCUT2D eigenvalue weighted by atomic mass is 10.0. The lowest BCUT2D eigenvalue weighted by Gasteiger charge is -2.20. The first kappa shape index (κ1) is 26.0. The number of carbonyl (C=O) groups is 2. The van der Waals surface area contributed by atoms with Gasteiger partial charge in [-0.3, -0.25) is 9.59 Å². The fourth-order valence-electron chi connectivity index (χ4n) is 5.04. The van der Waals surface area contributed by atoms with Crippen molar-refractivity contribution in [1.29, 1.82) is 0 Å². The number of nitrogens with zero attached hydrogens (tertiary/aromatic N) is 3. The van der Waals surface area contributed by atoms with Gasteiger partial charge in [0.15, 0.2) is 0 Å². The molecule has 9 nitrogen and oxygen atoms in total. The van der Waals surface area contributed by atoms with Gasteiger partial charge in [-0.2, -0.15) is 0 Å². The molecule has 1 aliphatic carbocycles. The first-order valence-corrected chi connectivity index (χ1v) is 12.7. The molecule has 1 saturated heterocycles. The predicted octanol–water partition coefficient (Wildman–Crippen LogP) is 4.03. The number of aryl methyl sites for hydroxylation is 1. The molecular weight excluding hydrogens is 496 g/mol. The number of halogens is 2. The fraction of sp³-hybridized carbons (Fsp3) is 0.481. The molecule has 5 rings (SSSR count). The summed E-state index contributed by atoms with van der Waals surface area (Å²) < 4.78 is 38.1. The molecule has 1 aliphatic heterocycles. The number of fused-ring (bicyclic) bond motifs is 1. The number of aromatic amines is 1. The number of benzene rings is 1. The summed E-state index contributed by atoms with van der Waals surface area (Å²) in [6.07, 6.45) is 1.47. The van der Waals surface area contributed by atoms with Gasteiger partial charge in [0.05, 0.1) is 17.7 Å². The number of nitrogens with one attached hydrogen (secondary N) is 2. The van der Waals surface area contributed by atoms with E-state index in [1.807, 2.05) is 6.92 Å². The molecule has 2 aliphatic rings. The average Bonchev–Trinajstić information content (AvgIpc) is 3.55. The lowest BCUT2D eigenvalue weighted by molar-refractivity contribution is -0.135. The number of hydrogen-bond donors (Lipinski definition) is 2. The zero-order valence-corrected chi connectivity index (χ0v) is 21.6. The van der Waals surface area contributed by atoms with Crippen molar-refractivity contribution in [2.45, 2.75) is 51.6 Å². The van der Waals surface area contributed by atoms with Crippen molar-refractivity contribution in [1.82, 2.24) is 25.2 Å². The summed E-state index contributed by atoms with van der Waals surface area (Å²) in [6, 6.07) is 4.03. The molecule has 0 spiro atoms. The van der Waals surface area contributed by atoms with Crippen LogP contribution in [0.25, 0.3) is 22.3 Å². The molecule has 2 amide bonds. The Labute approximate surface area is 218 Å². The van der Waals surface area contributed by atoms with Crippen molar-refractivity contribution in [2.75, 3.05) is 26.9 Å². The summed E-state index contributed by atoms with van der Waals surface area (Å²) in [6.45, 7) is 4.58. The molecule has 0 radical (unpaired) electrons. The predicted molar refractivity (Wildman–Crippen MR) is 136 cm³/mol. The topological polar surface area (TPSA) is 109 Å². The molecule has 1 saturated carbocycles. The highest BCUT2D eigenvalue weighted by atomic mass is 19.3. The minimum absolute atomic E-state index is 0.00855. The minimum Gasteiger partial charge on any atom is -0.493 e. The molecule has 38 heavy (non-hydrogen) atoms. The zero-order valence-electron chi connectivity index (χ0n) is 21.6. The van der Waals surface area contributed by atoms with E-state index in [9.17, 15) is 18.4 Å². The van der Waals surface area contributed by atoms with E-state index in [0.29, 0.717) is 64.8 Å². The van der Waals surface area contributed by atoms with Crippen molar-refractivity contribution >= 4 is 22.8 Å². The summed E-state index contributed by atoms with van der Waals surface area (Å²) in [5.41, 5.74) is 2.44. The molecule has 11 heteroatoms. The van der Waals surface area contributed by atoms with E-state index in [2.05, 4.69) is 20.3 Å². The van der Waals surface area contributed by atoms with Crippen LogP contribution in [-0.4, -0.2) is 70.6 Å². The van der Waals surface area contributed by atoms with E-state index in [-0.39, 0.29) is 36.1 Å². The number of carbonyl (C=O) groups excluding carboxylic acids is 2. The van der Waals surface area contributed by atoms with E-state index < -0.39 is 6.43 Å². The molecule has 0 unspecified atom stereocenters. The number of H-pyrrole nitrogens is 1. The van der Waals surface area contributed by atoms with Crippen LogP contribution in [0.2, 0.25) is 0 Å². The Hall–Kier alpha value is -3.60. The Bertz CT molecular complexity index is 1360. The maximum absolute atomic E-state index is 13.6. The number of hydrogen-bond acceptors (Lipinski definition) is 6. The zero-order chi connectivity index (χ0) is 27.0. The molecule has 202 valence electrons. The molecule has 2 fully saturated rings. The number of ether oxygens (including phenoxy) is 2. The van der Waals surface area contributed by atoms with Gasteiger partial charge in [0, 0.05) is 42.6 Å². The molecule has 3 aromatic rings. The molecule has 1 aromatic carbocycles. The van der Waals surface area contributed by atoms with Crippen LogP contribution in [0.4, 0.5) is 8.78 Å². The number of aromatic nitrogens is 3. The molecule has 0 bridgehead atoms. The Balaban J connectivity index is 1.45. The van der Waals surface area contributed by atoms with Crippen molar-refractivity contribution in [3.05, 3.63) is 41.3 Å². The first-order chi connectivity index (χ1) is 18.3. The van der Waals surface area contributed by atoms with E-state index in [4.69, 9.17) is 9.47 Å². The van der Waals surface area contributed by atoms with Crippen molar-refractivity contribution in [3.63, 3.8) is 0 Å². The van der Waals surface area contributed by atoms with Crippen molar-refractivity contribution in [2.24, 2.45) is 5.92 Å². The summed E-state index contributed by atoms with van der Waals surface area (Å²) in [5, 5.41) is 3.03. The van der Waals surface area contributed by atoms with Gasteiger partial charge in [0.25, 0.3) is 12.3 Å². The first-order valence-electron chi connectivity index (χ1n) is 12.7. The maximum atomic E-state index is 13.6. The summed E-state index contributed by atoms with van der Waals surface area (Å²) >= 11 is 0. The largest absolute Gasteiger partial charge is 0.493 e.